The maximum atomic E-state index is 11.6. The predicted molar refractivity (Wildman–Crippen MR) is 93.7 cm³/mol. The van der Waals surface area contributed by atoms with E-state index < -0.39 is 5.97 Å². The average Bonchev–Trinajstić information content (AvgIpc) is 3.04. The van der Waals surface area contributed by atoms with Gasteiger partial charge in [-0.3, -0.25) is 0 Å². The molecule has 1 N–H and O–H groups in total. The molecule has 5 rings (SSSR count). The molecule has 132 valence electrons. The molecule has 0 saturated heterocycles. The first-order valence-corrected chi connectivity index (χ1v) is 9.81. The van der Waals surface area contributed by atoms with E-state index in [9.17, 15) is 4.79 Å². The van der Waals surface area contributed by atoms with Crippen molar-refractivity contribution in [2.45, 2.75) is 50.9 Å². The molecule has 4 bridgehead atoms. The predicted octanol–water partition coefficient (Wildman–Crippen LogP) is 3.39. The van der Waals surface area contributed by atoms with Gasteiger partial charge in [-0.25, -0.2) is 4.79 Å². The van der Waals surface area contributed by atoms with Crippen LogP contribution < -0.4 is 5.32 Å². The van der Waals surface area contributed by atoms with Crippen molar-refractivity contribution in [3.8, 4) is 6.07 Å². The molecular formula is C18H22N4O2S. The summed E-state index contributed by atoms with van der Waals surface area (Å²) in [5.74, 6) is 1.96. The molecule has 4 aliphatic rings. The maximum absolute atomic E-state index is 11.6. The molecule has 0 amide bonds. The Bertz CT molecular complexity index is 713. The van der Waals surface area contributed by atoms with Crippen LogP contribution in [0.5, 0.6) is 0 Å². The van der Waals surface area contributed by atoms with Gasteiger partial charge >= 0.3 is 5.97 Å². The van der Waals surface area contributed by atoms with Gasteiger partial charge in [0.2, 0.25) is 5.13 Å². The van der Waals surface area contributed by atoms with Crippen molar-refractivity contribution < 1.29 is 9.53 Å². The molecule has 1 heterocycles. The minimum Gasteiger partial charge on any atom is -0.462 e. The summed E-state index contributed by atoms with van der Waals surface area (Å²) in [5.41, 5.74) is 0.156. The highest BCUT2D eigenvalue weighted by molar-refractivity contribution is 7.15. The van der Waals surface area contributed by atoms with Gasteiger partial charge < -0.3 is 10.1 Å². The van der Waals surface area contributed by atoms with Crippen LogP contribution in [0.25, 0.3) is 0 Å². The molecule has 25 heavy (non-hydrogen) atoms. The van der Waals surface area contributed by atoms with Gasteiger partial charge in [0.1, 0.15) is 11.1 Å². The molecule has 0 atom stereocenters. The molecule has 1 aromatic rings. The minimum absolute atomic E-state index is 0.0617. The zero-order valence-electron chi connectivity index (χ0n) is 14.3. The largest absolute Gasteiger partial charge is 0.462 e. The summed E-state index contributed by atoms with van der Waals surface area (Å²) in [6.07, 6.45) is 9.30. The molecule has 4 fully saturated rings. The van der Waals surface area contributed by atoms with E-state index >= 15 is 0 Å². The molecule has 0 aliphatic heterocycles. The lowest BCUT2D eigenvalue weighted by atomic mass is 9.50. The van der Waals surface area contributed by atoms with Crippen LogP contribution in [0.1, 0.15) is 50.5 Å². The van der Waals surface area contributed by atoms with Crippen LogP contribution in [0.2, 0.25) is 0 Å². The highest BCUT2D eigenvalue weighted by Crippen LogP contribution is 2.61. The monoisotopic (exact) mass is 358 g/mol. The third kappa shape index (κ3) is 3.04. The SMILES string of the molecule is CCOC(=O)/C(C#N)=C/Nc1nnc(C23CC4CC(CC(C4)C2)C3)s1. The lowest BCUT2D eigenvalue weighted by Crippen LogP contribution is -2.48. The van der Waals surface area contributed by atoms with Gasteiger partial charge in [0, 0.05) is 11.6 Å². The van der Waals surface area contributed by atoms with E-state index in [1.807, 2.05) is 6.07 Å². The van der Waals surface area contributed by atoms with Crippen LogP contribution in [0.4, 0.5) is 5.13 Å². The molecule has 0 aromatic carbocycles. The van der Waals surface area contributed by atoms with Crippen molar-refractivity contribution in [2.75, 3.05) is 11.9 Å². The van der Waals surface area contributed by atoms with Crippen LogP contribution in [0.15, 0.2) is 11.8 Å². The second-order valence-corrected chi connectivity index (χ2v) is 8.62. The molecule has 0 radical (unpaired) electrons. The summed E-state index contributed by atoms with van der Waals surface area (Å²) in [7, 11) is 0. The molecule has 7 heteroatoms. The average molecular weight is 358 g/mol. The Hall–Kier alpha value is -1.94. The number of nitrogens with zero attached hydrogens (tertiary/aromatic N) is 3. The lowest BCUT2D eigenvalue weighted by molar-refractivity contribution is -0.138. The summed E-state index contributed by atoms with van der Waals surface area (Å²) in [5, 5.41) is 22.5. The van der Waals surface area contributed by atoms with Crippen molar-refractivity contribution in [3.05, 3.63) is 16.8 Å². The number of aromatic nitrogens is 2. The Morgan fingerprint density at radius 1 is 1.32 bits per heavy atom. The second-order valence-electron chi connectivity index (χ2n) is 7.64. The smallest absolute Gasteiger partial charge is 0.350 e. The Morgan fingerprint density at radius 3 is 2.52 bits per heavy atom. The van der Waals surface area contributed by atoms with Crippen molar-refractivity contribution in [3.63, 3.8) is 0 Å². The Balaban J connectivity index is 1.49. The second kappa shape index (κ2) is 6.41. The van der Waals surface area contributed by atoms with E-state index in [4.69, 9.17) is 10.00 Å². The topological polar surface area (TPSA) is 87.9 Å². The molecule has 0 spiro atoms. The highest BCUT2D eigenvalue weighted by Gasteiger charge is 2.53. The zero-order chi connectivity index (χ0) is 17.4. The summed E-state index contributed by atoms with van der Waals surface area (Å²) in [4.78, 5) is 11.6. The van der Waals surface area contributed by atoms with E-state index in [2.05, 4.69) is 15.5 Å². The summed E-state index contributed by atoms with van der Waals surface area (Å²) >= 11 is 1.56. The lowest BCUT2D eigenvalue weighted by Gasteiger charge is -2.55. The van der Waals surface area contributed by atoms with Gasteiger partial charge in [-0.05, 0) is 63.2 Å². The van der Waals surface area contributed by atoms with Crippen molar-refractivity contribution in [1.29, 1.82) is 5.26 Å². The van der Waals surface area contributed by atoms with Gasteiger partial charge in [-0.2, -0.15) is 5.26 Å². The number of carbonyl (C=O) groups excluding carboxylic acids is 1. The number of ether oxygens (including phenoxy) is 1. The molecule has 1 aromatic heterocycles. The highest BCUT2D eigenvalue weighted by atomic mass is 32.1. The summed E-state index contributed by atoms with van der Waals surface area (Å²) in [6.45, 7) is 1.95. The fraction of sp³-hybridized carbons (Fsp3) is 0.667. The molecule has 0 unspecified atom stereocenters. The summed E-state index contributed by atoms with van der Waals surface area (Å²) in [6, 6.07) is 1.85. The Kier molecular flexibility index (Phi) is 4.24. The standard InChI is InChI=1S/C18H22N4O2S/c1-2-24-15(23)14(9-19)10-20-17-22-21-16(25-17)18-6-11-3-12(7-18)5-13(4-11)8-18/h10-13H,2-8H2,1H3,(H,20,22)/b14-10+. The van der Waals surface area contributed by atoms with Crippen molar-refractivity contribution >= 4 is 22.4 Å². The number of rotatable bonds is 5. The number of nitriles is 1. The fourth-order valence-electron chi connectivity index (χ4n) is 5.35. The number of anilines is 1. The van der Waals surface area contributed by atoms with E-state index in [-0.39, 0.29) is 17.6 Å². The van der Waals surface area contributed by atoms with Gasteiger partial charge in [0.15, 0.2) is 5.57 Å². The third-order valence-corrected chi connectivity index (χ3v) is 6.97. The first-order valence-electron chi connectivity index (χ1n) is 9.00. The molecular weight excluding hydrogens is 336 g/mol. The first kappa shape index (κ1) is 16.5. The normalized spacial score (nSPS) is 33.1. The number of hydrogen-bond acceptors (Lipinski definition) is 7. The summed E-state index contributed by atoms with van der Waals surface area (Å²) < 4.78 is 4.85. The zero-order valence-corrected chi connectivity index (χ0v) is 15.1. The van der Waals surface area contributed by atoms with Crippen LogP contribution in [-0.2, 0) is 14.9 Å². The number of nitrogens with one attached hydrogen (secondary N) is 1. The van der Waals surface area contributed by atoms with Gasteiger partial charge in [-0.15, -0.1) is 10.2 Å². The molecule has 4 saturated carbocycles. The third-order valence-electron chi connectivity index (χ3n) is 5.87. The fourth-order valence-corrected chi connectivity index (χ4v) is 6.28. The van der Waals surface area contributed by atoms with Crippen LogP contribution in [-0.4, -0.2) is 22.8 Å². The van der Waals surface area contributed by atoms with E-state index in [1.54, 1.807) is 18.3 Å². The Labute approximate surface area is 151 Å². The van der Waals surface area contributed by atoms with Crippen LogP contribution in [0.3, 0.4) is 0 Å². The number of esters is 1. The van der Waals surface area contributed by atoms with Crippen LogP contribution in [0, 0.1) is 29.1 Å². The van der Waals surface area contributed by atoms with Gasteiger partial charge in [0.25, 0.3) is 0 Å². The number of hydrogen-bond donors (Lipinski definition) is 1. The van der Waals surface area contributed by atoms with E-state index in [0.29, 0.717) is 5.13 Å². The first-order chi connectivity index (χ1) is 12.1. The van der Waals surface area contributed by atoms with Crippen LogP contribution >= 0.6 is 11.3 Å². The minimum atomic E-state index is -0.622. The molecule has 4 aliphatic carbocycles. The number of carbonyl (C=O) groups is 1. The van der Waals surface area contributed by atoms with Gasteiger partial charge in [-0.1, -0.05) is 11.3 Å². The molecule has 6 nitrogen and oxygen atoms in total. The van der Waals surface area contributed by atoms with E-state index in [0.717, 1.165) is 22.8 Å². The maximum Gasteiger partial charge on any atom is 0.350 e. The van der Waals surface area contributed by atoms with E-state index in [1.165, 1.54) is 44.7 Å². The quantitative estimate of drug-likeness (QED) is 0.493. The van der Waals surface area contributed by atoms with Gasteiger partial charge in [0.05, 0.1) is 6.61 Å². The Morgan fingerprint density at radius 2 is 1.96 bits per heavy atom. The van der Waals surface area contributed by atoms with Crippen molar-refractivity contribution in [1.82, 2.24) is 10.2 Å². The van der Waals surface area contributed by atoms with Crippen molar-refractivity contribution in [2.24, 2.45) is 17.8 Å².